The number of sulfonamides is 1. The van der Waals surface area contributed by atoms with E-state index in [1.807, 2.05) is 30.5 Å². The van der Waals surface area contributed by atoms with Gasteiger partial charge in [-0.1, -0.05) is 24.3 Å². The summed E-state index contributed by atoms with van der Waals surface area (Å²) in [6, 6.07) is 15.4. The highest BCUT2D eigenvalue weighted by Crippen LogP contribution is 2.27. The van der Waals surface area contributed by atoms with Crippen molar-refractivity contribution in [3.63, 3.8) is 0 Å². The lowest BCUT2D eigenvalue weighted by Gasteiger charge is -2.31. The van der Waals surface area contributed by atoms with Gasteiger partial charge < -0.3 is 9.88 Å². The average Bonchev–Trinajstić information content (AvgIpc) is 3.23. The monoisotopic (exact) mass is 453 g/mol. The van der Waals surface area contributed by atoms with Crippen LogP contribution in [0.1, 0.15) is 30.9 Å². The van der Waals surface area contributed by atoms with Crippen LogP contribution in [-0.4, -0.2) is 42.8 Å². The van der Waals surface area contributed by atoms with E-state index in [1.165, 1.54) is 15.4 Å². The van der Waals surface area contributed by atoms with Crippen molar-refractivity contribution >= 4 is 26.8 Å². The quantitative estimate of drug-likeness (QED) is 0.593. The number of benzene rings is 2. The van der Waals surface area contributed by atoms with Crippen molar-refractivity contribution in [1.29, 1.82) is 0 Å². The lowest BCUT2D eigenvalue weighted by atomic mass is 9.98. The van der Waals surface area contributed by atoms with E-state index in [4.69, 9.17) is 0 Å². The van der Waals surface area contributed by atoms with Gasteiger partial charge in [-0.15, -0.1) is 0 Å². The van der Waals surface area contributed by atoms with Crippen molar-refractivity contribution in [2.24, 2.45) is 5.92 Å². The Morgan fingerprint density at radius 1 is 1.16 bits per heavy atom. The first-order valence-electron chi connectivity index (χ1n) is 11.3. The van der Waals surface area contributed by atoms with Crippen molar-refractivity contribution in [1.82, 2.24) is 14.2 Å². The molecule has 2 aromatic carbocycles. The fraction of sp³-hybridized carbons (Fsp3) is 0.400. The molecule has 1 aliphatic heterocycles. The summed E-state index contributed by atoms with van der Waals surface area (Å²) in [6.45, 7) is 6.19. The summed E-state index contributed by atoms with van der Waals surface area (Å²) in [4.78, 5) is 13.0. The molecule has 7 heteroatoms. The molecule has 1 N–H and O–H groups in total. The molecule has 0 spiro atoms. The molecule has 1 unspecified atom stereocenters. The van der Waals surface area contributed by atoms with Crippen LogP contribution < -0.4 is 5.32 Å². The van der Waals surface area contributed by atoms with Gasteiger partial charge in [0.1, 0.15) is 0 Å². The van der Waals surface area contributed by atoms with E-state index in [9.17, 15) is 13.2 Å². The van der Waals surface area contributed by atoms with Gasteiger partial charge >= 0.3 is 0 Å². The van der Waals surface area contributed by atoms with Crippen molar-refractivity contribution in [2.75, 3.05) is 19.6 Å². The number of fused-ring (bicyclic) bond motifs is 1. The van der Waals surface area contributed by atoms with E-state index in [0.29, 0.717) is 30.8 Å². The second-order valence-electron chi connectivity index (χ2n) is 8.49. The zero-order valence-corrected chi connectivity index (χ0v) is 19.6. The number of nitrogens with one attached hydrogen (secondary N) is 1. The number of hydrogen-bond acceptors (Lipinski definition) is 3. The van der Waals surface area contributed by atoms with Crippen LogP contribution >= 0.6 is 0 Å². The van der Waals surface area contributed by atoms with Crippen LogP contribution in [0.25, 0.3) is 10.9 Å². The van der Waals surface area contributed by atoms with E-state index < -0.39 is 10.0 Å². The third kappa shape index (κ3) is 4.59. The summed E-state index contributed by atoms with van der Waals surface area (Å²) in [5.41, 5.74) is 3.45. The summed E-state index contributed by atoms with van der Waals surface area (Å²) in [6.07, 6.45) is 4.13. The minimum atomic E-state index is -3.64. The molecule has 1 aliphatic rings. The highest BCUT2D eigenvalue weighted by Gasteiger charge is 2.33. The molecule has 0 radical (unpaired) electrons. The van der Waals surface area contributed by atoms with Crippen LogP contribution in [0.3, 0.4) is 0 Å². The Morgan fingerprint density at radius 2 is 1.97 bits per heavy atom. The maximum atomic E-state index is 13.3. The number of piperidine rings is 1. The van der Waals surface area contributed by atoms with E-state index in [0.717, 1.165) is 23.9 Å². The predicted octanol–water partition coefficient (Wildman–Crippen LogP) is 3.73. The second kappa shape index (κ2) is 9.46. The summed E-state index contributed by atoms with van der Waals surface area (Å²) in [5, 5.41) is 3.92. The number of carbonyl (C=O) groups is 1. The molecule has 2 heterocycles. The Balaban J connectivity index is 1.41. The highest BCUT2D eigenvalue weighted by molar-refractivity contribution is 7.89. The fourth-order valence-electron chi connectivity index (χ4n) is 4.49. The molecule has 170 valence electrons. The van der Waals surface area contributed by atoms with E-state index >= 15 is 0 Å². The van der Waals surface area contributed by atoms with Gasteiger partial charge in [-0.2, -0.15) is 4.31 Å². The third-order valence-corrected chi connectivity index (χ3v) is 8.29. The molecular weight excluding hydrogens is 422 g/mol. The standard InChI is InChI=1S/C25H31N3O3S/c1-3-27-16-13-21-17-23(10-11-24(21)27)32(30,31)28-15-6-9-22(18-28)25(29)26-14-12-20-8-5-4-7-19(20)2/h4-5,7-8,10-11,13,16-17,22H,3,6,9,12,14-15,18H2,1-2H3,(H,26,29). The van der Waals surface area contributed by atoms with Crippen molar-refractivity contribution in [3.8, 4) is 0 Å². The molecule has 32 heavy (non-hydrogen) atoms. The van der Waals surface area contributed by atoms with E-state index in [2.05, 4.69) is 35.9 Å². The van der Waals surface area contributed by atoms with Gasteiger partial charge in [0.05, 0.1) is 10.8 Å². The molecule has 4 rings (SSSR count). The highest BCUT2D eigenvalue weighted by atomic mass is 32.2. The van der Waals surface area contributed by atoms with Crippen LogP contribution in [0.15, 0.2) is 59.6 Å². The number of nitrogens with zero attached hydrogens (tertiary/aromatic N) is 2. The Bertz CT molecular complexity index is 1220. The van der Waals surface area contributed by atoms with E-state index in [-0.39, 0.29) is 18.4 Å². The number of amides is 1. The average molecular weight is 454 g/mol. The normalized spacial score (nSPS) is 17.5. The molecule has 1 fully saturated rings. The van der Waals surface area contributed by atoms with Crippen LogP contribution in [-0.2, 0) is 27.8 Å². The van der Waals surface area contributed by atoms with Gasteiger partial charge in [-0.05, 0) is 68.5 Å². The Hall–Kier alpha value is -2.64. The fourth-order valence-corrected chi connectivity index (χ4v) is 6.05. The van der Waals surface area contributed by atoms with E-state index in [1.54, 1.807) is 12.1 Å². The zero-order valence-electron chi connectivity index (χ0n) is 18.8. The number of carbonyl (C=O) groups excluding carboxylic acids is 1. The minimum absolute atomic E-state index is 0.0611. The molecule has 0 saturated carbocycles. The Labute approximate surface area is 190 Å². The number of hydrogen-bond donors (Lipinski definition) is 1. The van der Waals surface area contributed by atoms with Gasteiger partial charge in [0.2, 0.25) is 15.9 Å². The maximum Gasteiger partial charge on any atom is 0.243 e. The Kier molecular flexibility index (Phi) is 6.67. The molecule has 6 nitrogen and oxygen atoms in total. The Morgan fingerprint density at radius 3 is 2.75 bits per heavy atom. The molecule has 1 aromatic heterocycles. The largest absolute Gasteiger partial charge is 0.355 e. The minimum Gasteiger partial charge on any atom is -0.355 e. The predicted molar refractivity (Wildman–Crippen MR) is 127 cm³/mol. The summed E-state index contributed by atoms with van der Waals surface area (Å²) < 4.78 is 30.2. The first kappa shape index (κ1) is 22.6. The van der Waals surface area contributed by atoms with Crippen LogP contribution in [0.5, 0.6) is 0 Å². The summed E-state index contributed by atoms with van der Waals surface area (Å²) >= 11 is 0. The van der Waals surface area contributed by atoms with Crippen molar-refractivity contribution in [3.05, 3.63) is 65.9 Å². The topological polar surface area (TPSA) is 71.4 Å². The first-order chi connectivity index (χ1) is 15.4. The van der Waals surface area contributed by atoms with Crippen LogP contribution in [0.4, 0.5) is 0 Å². The molecule has 1 saturated heterocycles. The van der Waals surface area contributed by atoms with Gasteiger partial charge in [-0.25, -0.2) is 8.42 Å². The van der Waals surface area contributed by atoms with Gasteiger partial charge in [0.15, 0.2) is 0 Å². The van der Waals surface area contributed by atoms with Gasteiger partial charge in [0, 0.05) is 43.3 Å². The maximum absolute atomic E-state index is 13.3. The van der Waals surface area contributed by atoms with Crippen molar-refractivity contribution in [2.45, 2.75) is 44.6 Å². The number of aryl methyl sites for hydroxylation is 2. The lowest BCUT2D eigenvalue weighted by Crippen LogP contribution is -2.45. The molecule has 0 aliphatic carbocycles. The van der Waals surface area contributed by atoms with Crippen LogP contribution in [0.2, 0.25) is 0 Å². The lowest BCUT2D eigenvalue weighted by molar-refractivity contribution is -0.126. The van der Waals surface area contributed by atoms with Gasteiger partial charge in [0.25, 0.3) is 0 Å². The molecule has 1 atom stereocenters. The van der Waals surface area contributed by atoms with Gasteiger partial charge in [-0.3, -0.25) is 4.79 Å². The number of rotatable bonds is 7. The number of aromatic nitrogens is 1. The molecule has 3 aromatic rings. The molecule has 1 amide bonds. The second-order valence-corrected chi connectivity index (χ2v) is 10.4. The van der Waals surface area contributed by atoms with Crippen molar-refractivity contribution < 1.29 is 13.2 Å². The summed E-state index contributed by atoms with van der Waals surface area (Å²) in [5.74, 6) is -0.380. The zero-order chi connectivity index (χ0) is 22.7. The molecular formula is C25H31N3O3S. The third-order valence-electron chi connectivity index (χ3n) is 6.43. The smallest absolute Gasteiger partial charge is 0.243 e. The SMILES string of the molecule is CCn1ccc2cc(S(=O)(=O)N3CCCC(C(=O)NCCc4ccccc4C)C3)ccc21. The first-order valence-corrected chi connectivity index (χ1v) is 12.8. The summed E-state index contributed by atoms with van der Waals surface area (Å²) in [7, 11) is -3.64. The van der Waals surface area contributed by atoms with Crippen LogP contribution in [0, 0.1) is 12.8 Å². The molecule has 0 bridgehead atoms.